The molecule has 0 atom stereocenters. The molecule has 0 bridgehead atoms. The molecule has 0 heterocycles. The maximum Gasteiger partial charge on any atom is 0.315 e. The first kappa shape index (κ1) is 29.7. The van der Waals surface area contributed by atoms with E-state index in [1.165, 1.54) is 0 Å². The van der Waals surface area contributed by atoms with Crippen LogP contribution in [0.5, 0.6) is 11.5 Å². The van der Waals surface area contributed by atoms with Gasteiger partial charge in [0.15, 0.2) is 11.5 Å². The Balaban J connectivity index is 1.53. The monoisotopic (exact) mass is 776 g/mol. The van der Waals surface area contributed by atoms with E-state index in [0.717, 1.165) is 22.3 Å². The summed E-state index contributed by atoms with van der Waals surface area (Å²) in [7, 11) is 0. The van der Waals surface area contributed by atoms with Crippen molar-refractivity contribution >= 4 is 75.7 Å². The number of ether oxygens (including phenoxy) is 2. The maximum absolute atomic E-state index is 12.6. The molecule has 0 N–H and O–H groups in total. The van der Waals surface area contributed by atoms with Crippen molar-refractivity contribution in [3.8, 4) is 11.5 Å². The van der Waals surface area contributed by atoms with Crippen molar-refractivity contribution in [1.82, 2.24) is 0 Å². The fraction of sp³-hybridized carbons (Fsp3) is 0.161. The van der Waals surface area contributed by atoms with Crippen LogP contribution in [0.4, 0.5) is 0 Å². The van der Waals surface area contributed by atoms with E-state index in [-0.39, 0.29) is 24.8 Å². The van der Waals surface area contributed by atoms with Crippen molar-refractivity contribution in [1.29, 1.82) is 0 Å². The lowest BCUT2D eigenvalue weighted by molar-refractivity contribution is -0.134. The molecule has 0 aliphatic carbocycles. The molecule has 0 fully saturated rings. The zero-order chi connectivity index (χ0) is 28.2. The fourth-order valence-corrected chi connectivity index (χ4v) is 6.72. The van der Waals surface area contributed by atoms with Gasteiger partial charge >= 0.3 is 11.9 Å². The normalized spacial score (nSPS) is 11.2. The Morgan fingerprint density at radius 3 is 1.21 bits per heavy atom. The number of carbonyl (C=O) groups is 2. The molecule has 0 aliphatic heterocycles. The van der Waals surface area contributed by atoms with Gasteiger partial charge in [0, 0.05) is 5.41 Å². The second-order valence-corrected chi connectivity index (χ2v) is 12.9. The minimum absolute atomic E-state index is 0.178. The Kier molecular flexibility index (Phi) is 9.86. The molecular formula is C31H24Br4O4. The summed E-state index contributed by atoms with van der Waals surface area (Å²) in [6.07, 6.45) is 0.356. The van der Waals surface area contributed by atoms with E-state index >= 15 is 0 Å². The average Bonchev–Trinajstić information content (AvgIpc) is 2.89. The molecule has 200 valence electrons. The van der Waals surface area contributed by atoms with Gasteiger partial charge in [0.1, 0.15) is 0 Å². The number of carbonyl (C=O) groups excluding carboxylic acids is 2. The summed E-state index contributed by atoms with van der Waals surface area (Å²) in [5.41, 5.74) is 3.29. The molecule has 8 heteroatoms. The predicted molar refractivity (Wildman–Crippen MR) is 167 cm³/mol. The van der Waals surface area contributed by atoms with Crippen molar-refractivity contribution in [2.75, 3.05) is 0 Å². The van der Waals surface area contributed by atoms with Crippen LogP contribution in [0.15, 0.2) is 103 Å². The van der Waals surface area contributed by atoms with E-state index in [1.54, 1.807) is 0 Å². The van der Waals surface area contributed by atoms with Crippen LogP contribution in [0.1, 0.15) is 36.1 Å². The summed E-state index contributed by atoms with van der Waals surface area (Å²) in [6, 6.07) is 26.8. The summed E-state index contributed by atoms with van der Waals surface area (Å²) in [5, 5.41) is 0. The van der Waals surface area contributed by atoms with Gasteiger partial charge in [-0.2, -0.15) is 0 Å². The SMILES string of the molecule is CC(C)(c1cc(Br)c(OC(=O)Cc2ccccc2)c(Br)c1)c1cc(Br)c(OC(=O)Cc2ccccc2)c(Br)c1. The van der Waals surface area contributed by atoms with Gasteiger partial charge in [0.25, 0.3) is 0 Å². The van der Waals surface area contributed by atoms with E-state index in [2.05, 4.69) is 77.6 Å². The number of halogens is 4. The van der Waals surface area contributed by atoms with E-state index in [4.69, 9.17) is 9.47 Å². The van der Waals surface area contributed by atoms with Crippen LogP contribution in [0.3, 0.4) is 0 Å². The summed E-state index contributed by atoms with van der Waals surface area (Å²) in [6.45, 7) is 4.19. The third-order valence-electron chi connectivity index (χ3n) is 6.25. The van der Waals surface area contributed by atoms with Crippen molar-refractivity contribution in [2.24, 2.45) is 0 Å². The molecule has 0 saturated carbocycles. The highest BCUT2D eigenvalue weighted by atomic mass is 79.9. The molecule has 0 amide bonds. The molecule has 0 spiro atoms. The minimum Gasteiger partial charge on any atom is -0.424 e. The largest absolute Gasteiger partial charge is 0.424 e. The summed E-state index contributed by atoms with van der Waals surface area (Å²) in [5.74, 6) is 0.164. The van der Waals surface area contributed by atoms with Gasteiger partial charge in [0.2, 0.25) is 0 Å². The van der Waals surface area contributed by atoms with Crippen LogP contribution in [0.2, 0.25) is 0 Å². The lowest BCUT2D eigenvalue weighted by Crippen LogP contribution is -2.20. The Morgan fingerprint density at radius 2 is 0.897 bits per heavy atom. The minimum atomic E-state index is -0.449. The quantitative estimate of drug-likeness (QED) is 0.132. The van der Waals surface area contributed by atoms with Gasteiger partial charge in [-0.15, -0.1) is 0 Å². The number of hydrogen-bond donors (Lipinski definition) is 0. The van der Waals surface area contributed by atoms with Gasteiger partial charge in [-0.1, -0.05) is 74.5 Å². The number of hydrogen-bond acceptors (Lipinski definition) is 4. The molecule has 0 aliphatic rings. The van der Waals surface area contributed by atoms with Gasteiger partial charge in [-0.25, -0.2) is 0 Å². The van der Waals surface area contributed by atoms with E-state index in [1.807, 2.05) is 84.9 Å². The first-order valence-corrected chi connectivity index (χ1v) is 15.2. The van der Waals surface area contributed by atoms with E-state index in [9.17, 15) is 9.59 Å². The lowest BCUT2D eigenvalue weighted by Gasteiger charge is -2.28. The summed E-state index contributed by atoms with van der Waals surface area (Å²) in [4.78, 5) is 25.1. The second kappa shape index (κ2) is 12.9. The molecule has 0 aromatic heterocycles. The Hall–Kier alpha value is -2.26. The summed E-state index contributed by atoms with van der Waals surface area (Å²) >= 11 is 14.4. The van der Waals surface area contributed by atoms with Gasteiger partial charge in [-0.05, 0) is 110 Å². The molecule has 4 nitrogen and oxygen atoms in total. The summed E-state index contributed by atoms with van der Waals surface area (Å²) < 4.78 is 14.0. The Morgan fingerprint density at radius 1 is 0.590 bits per heavy atom. The number of esters is 2. The van der Waals surface area contributed by atoms with Crippen LogP contribution in [0, 0.1) is 0 Å². The smallest absolute Gasteiger partial charge is 0.315 e. The highest BCUT2D eigenvalue weighted by molar-refractivity contribution is 9.11. The highest BCUT2D eigenvalue weighted by Gasteiger charge is 2.28. The molecule has 0 saturated heterocycles. The molecular weight excluding hydrogens is 756 g/mol. The third-order valence-corrected chi connectivity index (χ3v) is 8.61. The lowest BCUT2D eigenvalue weighted by atomic mass is 9.78. The van der Waals surface area contributed by atoms with Gasteiger partial charge in [-0.3, -0.25) is 9.59 Å². The van der Waals surface area contributed by atoms with E-state index < -0.39 is 5.41 Å². The molecule has 0 unspecified atom stereocenters. The zero-order valence-electron chi connectivity index (χ0n) is 21.1. The van der Waals surface area contributed by atoms with Gasteiger partial charge < -0.3 is 9.47 Å². The van der Waals surface area contributed by atoms with Crippen LogP contribution in [0.25, 0.3) is 0 Å². The topological polar surface area (TPSA) is 52.6 Å². The van der Waals surface area contributed by atoms with Crippen molar-refractivity contribution in [3.05, 3.63) is 125 Å². The van der Waals surface area contributed by atoms with Crippen LogP contribution in [-0.4, -0.2) is 11.9 Å². The second-order valence-electron chi connectivity index (χ2n) is 9.44. The van der Waals surface area contributed by atoms with Crippen molar-refractivity contribution in [2.45, 2.75) is 32.1 Å². The molecule has 4 aromatic rings. The Bertz CT molecular complexity index is 1340. The molecule has 4 aromatic carbocycles. The van der Waals surface area contributed by atoms with Crippen LogP contribution < -0.4 is 9.47 Å². The first-order chi connectivity index (χ1) is 18.5. The van der Waals surface area contributed by atoms with Crippen molar-refractivity contribution in [3.63, 3.8) is 0 Å². The van der Waals surface area contributed by atoms with Crippen molar-refractivity contribution < 1.29 is 19.1 Å². The average molecular weight is 780 g/mol. The molecule has 39 heavy (non-hydrogen) atoms. The number of rotatable bonds is 8. The standard InChI is InChI=1S/C31H24Br4O4/c1-31(2,21-15-23(32)29(24(33)16-21)38-27(36)13-19-9-5-3-6-10-19)22-17-25(34)30(26(35)18-22)39-28(37)14-20-11-7-4-8-12-20/h3-12,15-18H,13-14H2,1-2H3. The zero-order valence-corrected chi connectivity index (χ0v) is 27.5. The van der Waals surface area contributed by atoms with Crippen LogP contribution in [-0.2, 0) is 27.8 Å². The predicted octanol–water partition coefficient (Wildman–Crippen LogP) is 9.36. The van der Waals surface area contributed by atoms with E-state index in [0.29, 0.717) is 29.4 Å². The maximum atomic E-state index is 12.6. The Labute approximate surface area is 261 Å². The molecule has 0 radical (unpaired) electrons. The first-order valence-electron chi connectivity index (χ1n) is 12.0. The number of benzene rings is 4. The molecule has 4 rings (SSSR count). The third kappa shape index (κ3) is 7.48. The highest BCUT2D eigenvalue weighted by Crippen LogP contribution is 2.44. The van der Waals surface area contributed by atoms with Gasteiger partial charge in [0.05, 0.1) is 30.7 Å². The van der Waals surface area contributed by atoms with Crippen LogP contribution >= 0.6 is 63.7 Å². The fourth-order valence-electron chi connectivity index (χ4n) is 4.03.